The monoisotopic (exact) mass is 512 g/mol. The molecule has 0 aliphatic carbocycles. The number of hydrogen-bond donors (Lipinski definition) is 2. The minimum Gasteiger partial charge on any atom is -0.453 e. The number of fused-ring (bicyclic) bond motifs is 1. The summed E-state index contributed by atoms with van der Waals surface area (Å²) in [5.74, 6) is 0.552. The Morgan fingerprint density at radius 3 is 2.67 bits per heavy atom. The Bertz CT molecular complexity index is 1190. The van der Waals surface area contributed by atoms with Crippen molar-refractivity contribution in [3.63, 3.8) is 0 Å². The molecule has 0 radical (unpaired) electrons. The zero-order valence-electron chi connectivity index (χ0n) is 19.3. The largest absolute Gasteiger partial charge is 0.453 e. The lowest BCUT2D eigenvalue weighted by atomic mass is 9.95. The molecule has 1 saturated heterocycles. The lowest BCUT2D eigenvalue weighted by Crippen LogP contribution is -2.55. The Kier molecular flexibility index (Phi) is 6.47. The molecule has 0 bridgehead atoms. The van der Waals surface area contributed by atoms with Crippen LogP contribution in [0.1, 0.15) is 39.4 Å². The maximum Gasteiger partial charge on any atom is 0.407 e. The zero-order valence-corrected chi connectivity index (χ0v) is 20.9. The van der Waals surface area contributed by atoms with Gasteiger partial charge in [0.15, 0.2) is 0 Å². The molecule has 1 aliphatic heterocycles. The summed E-state index contributed by atoms with van der Waals surface area (Å²) in [5.41, 5.74) is 1.36. The number of rotatable bonds is 5. The van der Waals surface area contributed by atoms with E-state index in [9.17, 15) is 9.59 Å². The molecule has 174 valence electrons. The molecule has 0 spiro atoms. The smallest absolute Gasteiger partial charge is 0.407 e. The van der Waals surface area contributed by atoms with Crippen LogP contribution in [0.2, 0.25) is 0 Å². The maximum atomic E-state index is 13.5. The van der Waals surface area contributed by atoms with Gasteiger partial charge >= 0.3 is 6.09 Å². The predicted octanol–water partition coefficient (Wildman–Crippen LogP) is 5.21. The van der Waals surface area contributed by atoms with Gasteiger partial charge in [-0.25, -0.2) is 9.78 Å². The third-order valence-corrected chi connectivity index (χ3v) is 6.99. The van der Waals surface area contributed by atoms with Crippen LogP contribution < -0.4 is 5.32 Å². The molecular formula is C25H29BrN4O3. The van der Waals surface area contributed by atoms with Crippen molar-refractivity contribution in [1.82, 2.24) is 20.2 Å². The first-order valence-electron chi connectivity index (χ1n) is 11.1. The van der Waals surface area contributed by atoms with Crippen LogP contribution in [0.4, 0.5) is 4.79 Å². The summed E-state index contributed by atoms with van der Waals surface area (Å²) in [7, 11) is 1.30. The van der Waals surface area contributed by atoms with Gasteiger partial charge in [0.05, 0.1) is 24.5 Å². The number of aromatic nitrogens is 2. The number of methoxy groups -OCH3 is 1. The number of halogens is 1. The Balaban J connectivity index is 1.62. The van der Waals surface area contributed by atoms with Gasteiger partial charge in [-0.3, -0.25) is 4.79 Å². The molecule has 2 atom stereocenters. The highest BCUT2D eigenvalue weighted by molar-refractivity contribution is 9.10. The fraction of sp³-hybridized carbons (Fsp3) is 0.400. The predicted molar refractivity (Wildman–Crippen MR) is 132 cm³/mol. The third kappa shape index (κ3) is 4.49. The van der Waals surface area contributed by atoms with Crippen LogP contribution in [-0.4, -0.2) is 46.6 Å². The fourth-order valence-electron chi connectivity index (χ4n) is 4.56. The van der Waals surface area contributed by atoms with Gasteiger partial charge in [0, 0.05) is 16.6 Å². The van der Waals surface area contributed by atoms with Gasteiger partial charge in [0.2, 0.25) is 5.91 Å². The Hall–Kier alpha value is -2.87. The van der Waals surface area contributed by atoms with E-state index in [1.165, 1.54) is 7.11 Å². The number of likely N-dealkylation sites (tertiary alicyclic amines) is 1. The maximum absolute atomic E-state index is 13.5. The van der Waals surface area contributed by atoms with E-state index in [4.69, 9.17) is 4.74 Å². The third-order valence-electron chi connectivity index (χ3n) is 6.50. The number of carbonyl (C=O) groups excluding carboxylic acids is 2. The van der Waals surface area contributed by atoms with Crippen molar-refractivity contribution in [2.24, 2.45) is 5.92 Å². The van der Waals surface area contributed by atoms with Crippen molar-refractivity contribution in [1.29, 1.82) is 0 Å². The molecule has 7 nitrogen and oxygen atoms in total. The minimum atomic E-state index is -0.663. The first kappa shape index (κ1) is 23.3. The van der Waals surface area contributed by atoms with Crippen molar-refractivity contribution in [2.45, 2.75) is 45.2 Å². The molecule has 1 aliphatic rings. The standard InChI is InChI=1S/C25H29BrN4O3/c1-15(2)21(29-24(32)33-4)22(31)30-11-5-10-25(30,3)23-27-14-20(28-23)18-7-6-17-13-19(26)9-8-16(17)12-18/h6-9,12-15,21H,5,10-11H2,1-4H3,(H,27,28)(H,29,32). The van der Waals surface area contributed by atoms with Crippen LogP contribution in [0.25, 0.3) is 22.0 Å². The summed E-state index contributed by atoms with van der Waals surface area (Å²) in [6, 6.07) is 11.8. The molecule has 1 fully saturated rings. The molecular weight excluding hydrogens is 484 g/mol. The second-order valence-corrected chi connectivity index (χ2v) is 9.99. The molecule has 4 rings (SSSR count). The number of nitrogens with zero attached hydrogens (tertiary/aromatic N) is 2. The molecule has 33 heavy (non-hydrogen) atoms. The van der Waals surface area contributed by atoms with Gasteiger partial charge in [0.25, 0.3) is 0 Å². The van der Waals surface area contributed by atoms with Crippen molar-refractivity contribution >= 4 is 38.7 Å². The number of benzene rings is 2. The summed E-state index contributed by atoms with van der Waals surface area (Å²) in [4.78, 5) is 35.3. The lowest BCUT2D eigenvalue weighted by Gasteiger charge is -2.37. The number of carbonyl (C=O) groups is 2. The average Bonchev–Trinajstić information content (AvgIpc) is 3.44. The van der Waals surface area contributed by atoms with Gasteiger partial charge in [0.1, 0.15) is 11.9 Å². The van der Waals surface area contributed by atoms with Crippen molar-refractivity contribution < 1.29 is 14.3 Å². The molecule has 2 unspecified atom stereocenters. The highest BCUT2D eigenvalue weighted by Crippen LogP contribution is 2.39. The summed E-state index contributed by atoms with van der Waals surface area (Å²) < 4.78 is 5.78. The minimum absolute atomic E-state index is 0.0775. The van der Waals surface area contributed by atoms with Gasteiger partial charge in [-0.1, -0.05) is 48.0 Å². The second kappa shape index (κ2) is 9.17. The van der Waals surface area contributed by atoms with Crippen LogP contribution >= 0.6 is 15.9 Å². The first-order chi connectivity index (χ1) is 15.7. The molecule has 2 amide bonds. The van der Waals surface area contributed by atoms with E-state index in [0.29, 0.717) is 6.54 Å². The van der Waals surface area contributed by atoms with Gasteiger partial charge in [-0.2, -0.15) is 0 Å². The molecule has 2 N–H and O–H groups in total. The fourth-order valence-corrected chi connectivity index (χ4v) is 4.93. The van der Waals surface area contributed by atoms with Gasteiger partial charge in [-0.05, 0) is 54.7 Å². The second-order valence-electron chi connectivity index (χ2n) is 9.08. The van der Waals surface area contributed by atoms with E-state index in [2.05, 4.69) is 61.5 Å². The Labute approximate surface area is 202 Å². The number of aromatic amines is 1. The SMILES string of the molecule is COC(=O)NC(C(=O)N1CCCC1(C)c1ncc(-c2ccc3cc(Br)ccc3c2)[nH]1)C(C)C. The number of H-pyrrole nitrogens is 1. The number of nitrogens with one attached hydrogen (secondary N) is 2. The quantitative estimate of drug-likeness (QED) is 0.491. The van der Waals surface area contributed by atoms with Crippen LogP contribution in [0, 0.1) is 5.92 Å². The number of amides is 2. The van der Waals surface area contributed by atoms with Gasteiger partial charge < -0.3 is 19.9 Å². The number of imidazole rings is 1. The summed E-state index contributed by atoms with van der Waals surface area (Å²) in [6.07, 6.45) is 2.88. The molecule has 0 saturated carbocycles. The number of hydrogen-bond acceptors (Lipinski definition) is 4. The van der Waals surface area contributed by atoms with Crippen molar-refractivity contribution in [3.05, 3.63) is 52.9 Å². The lowest BCUT2D eigenvalue weighted by molar-refractivity contribution is -0.138. The van der Waals surface area contributed by atoms with Crippen molar-refractivity contribution in [3.8, 4) is 11.3 Å². The highest BCUT2D eigenvalue weighted by atomic mass is 79.9. The Morgan fingerprint density at radius 1 is 1.21 bits per heavy atom. The van der Waals surface area contributed by atoms with Crippen LogP contribution in [-0.2, 0) is 15.1 Å². The topological polar surface area (TPSA) is 87.3 Å². The molecule has 2 aromatic carbocycles. The van der Waals surface area contributed by atoms with E-state index in [-0.39, 0.29) is 11.8 Å². The first-order valence-corrected chi connectivity index (χ1v) is 11.9. The molecule has 8 heteroatoms. The summed E-state index contributed by atoms with van der Waals surface area (Å²) in [6.45, 7) is 6.47. The van der Waals surface area contributed by atoms with Crippen LogP contribution in [0.5, 0.6) is 0 Å². The van der Waals surface area contributed by atoms with E-state index in [1.54, 1.807) is 0 Å². The molecule has 1 aromatic heterocycles. The van der Waals surface area contributed by atoms with Crippen LogP contribution in [0.15, 0.2) is 47.1 Å². The van der Waals surface area contributed by atoms with E-state index < -0.39 is 17.7 Å². The Morgan fingerprint density at radius 2 is 1.94 bits per heavy atom. The summed E-state index contributed by atoms with van der Waals surface area (Å²) in [5, 5.41) is 5.00. The number of alkyl carbamates (subject to hydrolysis) is 1. The number of ether oxygens (including phenoxy) is 1. The molecule has 3 aromatic rings. The van der Waals surface area contributed by atoms with Crippen LogP contribution in [0.3, 0.4) is 0 Å². The average molecular weight is 513 g/mol. The highest BCUT2D eigenvalue weighted by Gasteiger charge is 2.45. The van der Waals surface area contributed by atoms with Gasteiger partial charge in [-0.15, -0.1) is 0 Å². The van der Waals surface area contributed by atoms with E-state index >= 15 is 0 Å². The van der Waals surface area contributed by atoms with Crippen molar-refractivity contribution in [2.75, 3.05) is 13.7 Å². The zero-order chi connectivity index (χ0) is 23.8. The van der Waals surface area contributed by atoms with E-state index in [0.717, 1.165) is 45.2 Å². The van der Waals surface area contributed by atoms with E-state index in [1.807, 2.05) is 37.9 Å². The molecule has 2 heterocycles. The normalized spacial score (nSPS) is 19.2. The summed E-state index contributed by atoms with van der Waals surface area (Å²) >= 11 is 3.52.